The van der Waals surface area contributed by atoms with E-state index in [1.165, 1.54) is 180 Å². The highest BCUT2D eigenvalue weighted by atomic mass is 16.5. The first-order valence-electron chi connectivity index (χ1n) is 27.6. The first-order chi connectivity index (χ1) is 30.5. The Labute approximate surface area is 386 Å². The summed E-state index contributed by atoms with van der Waals surface area (Å²) < 4.78 is 5.43. The lowest BCUT2D eigenvalue weighted by atomic mass is 10.0. The van der Waals surface area contributed by atoms with Gasteiger partial charge < -0.3 is 20.3 Å². The topological polar surface area (TPSA) is 95.9 Å². The molecule has 1 amide bonds. The van der Waals surface area contributed by atoms with Gasteiger partial charge in [-0.25, -0.2) is 0 Å². The van der Waals surface area contributed by atoms with E-state index < -0.39 is 12.1 Å². The molecule has 0 fully saturated rings. The first kappa shape index (κ1) is 60.3. The molecule has 0 saturated heterocycles. The van der Waals surface area contributed by atoms with Gasteiger partial charge in [-0.05, 0) is 77.0 Å². The van der Waals surface area contributed by atoms with E-state index in [0.717, 1.165) is 83.5 Å². The van der Waals surface area contributed by atoms with Gasteiger partial charge in [-0.2, -0.15) is 0 Å². The lowest BCUT2D eigenvalue weighted by Crippen LogP contribution is -2.45. The maximum atomic E-state index is 12.5. The average molecular weight is 874 g/mol. The molecule has 0 bridgehead atoms. The molecule has 0 spiro atoms. The van der Waals surface area contributed by atoms with Gasteiger partial charge in [0.25, 0.3) is 0 Å². The van der Waals surface area contributed by atoms with Crippen molar-refractivity contribution in [3.05, 3.63) is 24.3 Å². The SMILES string of the molecule is CCCCCCC/C=C\CCCCCCCC(=O)OCCCC/C=C\CCCCCCCC(=O)NC(CO)C(O)CCCCCCCCCCCCCCCCCCCCCC. The third-order valence-electron chi connectivity index (χ3n) is 12.7. The number of allylic oxidation sites excluding steroid dienone is 4. The van der Waals surface area contributed by atoms with Gasteiger partial charge in [-0.1, -0.05) is 231 Å². The van der Waals surface area contributed by atoms with Crippen LogP contribution in [0.3, 0.4) is 0 Å². The molecular formula is C56H107NO5. The largest absolute Gasteiger partial charge is 0.466 e. The standard InChI is InChI=1S/C56H107NO5/c1-3-5-7-9-11-13-15-17-19-20-21-22-23-24-25-28-32-36-40-44-48-54(59)53(52-58)57-55(60)49-45-41-37-33-29-27-31-35-39-43-47-51-62-56(61)50-46-42-38-34-30-26-18-16-14-12-10-8-6-4-2/h16,18,31,35,53-54,58-59H,3-15,17,19-30,32-34,36-52H2,1-2H3,(H,57,60)/b18-16-,35-31-. The van der Waals surface area contributed by atoms with E-state index in [1.807, 2.05) is 0 Å². The second-order valence-electron chi connectivity index (χ2n) is 18.9. The summed E-state index contributed by atoms with van der Waals surface area (Å²) in [7, 11) is 0. The smallest absolute Gasteiger partial charge is 0.305 e. The average Bonchev–Trinajstić information content (AvgIpc) is 3.27. The molecule has 0 aliphatic carbocycles. The van der Waals surface area contributed by atoms with Crippen LogP contribution in [-0.4, -0.2) is 47.4 Å². The van der Waals surface area contributed by atoms with Crippen LogP contribution in [0.1, 0.15) is 296 Å². The minimum absolute atomic E-state index is 0.0392. The highest BCUT2D eigenvalue weighted by Crippen LogP contribution is 2.17. The van der Waals surface area contributed by atoms with Crippen molar-refractivity contribution in [2.24, 2.45) is 0 Å². The van der Waals surface area contributed by atoms with Crippen LogP contribution in [0.5, 0.6) is 0 Å². The van der Waals surface area contributed by atoms with E-state index in [-0.39, 0.29) is 18.5 Å². The number of carbonyl (C=O) groups excluding carboxylic acids is 2. The normalized spacial score (nSPS) is 12.8. The van der Waals surface area contributed by atoms with Gasteiger partial charge in [0.2, 0.25) is 5.91 Å². The van der Waals surface area contributed by atoms with Crippen LogP contribution >= 0.6 is 0 Å². The molecule has 0 radical (unpaired) electrons. The van der Waals surface area contributed by atoms with E-state index in [1.54, 1.807) is 0 Å². The van der Waals surface area contributed by atoms with Crippen molar-refractivity contribution in [1.29, 1.82) is 0 Å². The van der Waals surface area contributed by atoms with Crippen LogP contribution in [0.25, 0.3) is 0 Å². The van der Waals surface area contributed by atoms with Gasteiger partial charge in [-0.3, -0.25) is 9.59 Å². The Morgan fingerprint density at radius 3 is 1.15 bits per heavy atom. The molecule has 0 aromatic heterocycles. The summed E-state index contributed by atoms with van der Waals surface area (Å²) in [5.74, 6) is -0.102. The number of esters is 1. The Bertz CT molecular complexity index is 966. The number of unbranched alkanes of at least 4 members (excludes halogenated alkanes) is 36. The second kappa shape index (κ2) is 52.0. The molecule has 0 saturated carbocycles. The zero-order valence-corrected chi connectivity index (χ0v) is 41.6. The van der Waals surface area contributed by atoms with Crippen LogP contribution in [0.15, 0.2) is 24.3 Å². The molecule has 0 aromatic rings. The predicted molar refractivity (Wildman–Crippen MR) is 269 cm³/mol. The molecule has 0 aliphatic heterocycles. The monoisotopic (exact) mass is 874 g/mol. The molecule has 6 nitrogen and oxygen atoms in total. The van der Waals surface area contributed by atoms with Crippen molar-refractivity contribution in [1.82, 2.24) is 5.32 Å². The van der Waals surface area contributed by atoms with Crippen LogP contribution in [0.4, 0.5) is 0 Å². The maximum Gasteiger partial charge on any atom is 0.305 e. The summed E-state index contributed by atoms with van der Waals surface area (Å²) in [5, 5.41) is 23.3. The predicted octanol–water partition coefficient (Wildman–Crippen LogP) is 16.7. The third kappa shape index (κ3) is 47.8. The Hall–Kier alpha value is -1.66. The highest BCUT2D eigenvalue weighted by Gasteiger charge is 2.20. The fraction of sp³-hybridized carbons (Fsp3) is 0.893. The van der Waals surface area contributed by atoms with Crippen LogP contribution in [0.2, 0.25) is 0 Å². The van der Waals surface area contributed by atoms with E-state index >= 15 is 0 Å². The van der Waals surface area contributed by atoms with Gasteiger partial charge >= 0.3 is 5.97 Å². The highest BCUT2D eigenvalue weighted by molar-refractivity contribution is 5.76. The Balaban J connectivity index is 3.51. The number of ether oxygens (including phenoxy) is 1. The molecule has 2 unspecified atom stereocenters. The fourth-order valence-electron chi connectivity index (χ4n) is 8.45. The van der Waals surface area contributed by atoms with Crippen molar-refractivity contribution in [2.45, 2.75) is 309 Å². The quantitative estimate of drug-likeness (QED) is 0.0321. The van der Waals surface area contributed by atoms with E-state index in [9.17, 15) is 19.8 Å². The number of hydrogen-bond donors (Lipinski definition) is 3. The molecule has 0 rings (SSSR count). The molecule has 3 N–H and O–H groups in total. The zero-order chi connectivity index (χ0) is 45.1. The van der Waals surface area contributed by atoms with Gasteiger partial charge in [0, 0.05) is 12.8 Å². The number of aliphatic hydroxyl groups is 2. The minimum atomic E-state index is -0.683. The van der Waals surface area contributed by atoms with Crippen LogP contribution in [-0.2, 0) is 14.3 Å². The van der Waals surface area contributed by atoms with Crippen LogP contribution in [0, 0.1) is 0 Å². The summed E-state index contributed by atoms with van der Waals surface area (Å²) in [4.78, 5) is 24.5. The van der Waals surface area contributed by atoms with Gasteiger partial charge in [0.05, 0.1) is 25.4 Å². The number of hydrogen-bond acceptors (Lipinski definition) is 5. The lowest BCUT2D eigenvalue weighted by Gasteiger charge is -2.22. The molecule has 62 heavy (non-hydrogen) atoms. The molecule has 2 atom stereocenters. The summed E-state index contributed by atoms with van der Waals surface area (Å²) in [6.45, 7) is 4.87. The van der Waals surface area contributed by atoms with Crippen molar-refractivity contribution in [3.63, 3.8) is 0 Å². The number of rotatable bonds is 51. The van der Waals surface area contributed by atoms with Gasteiger partial charge in [0.1, 0.15) is 0 Å². The summed E-state index contributed by atoms with van der Waals surface area (Å²) in [5.41, 5.74) is 0. The Morgan fingerprint density at radius 1 is 0.435 bits per heavy atom. The molecule has 0 aliphatic rings. The van der Waals surface area contributed by atoms with Crippen molar-refractivity contribution in [2.75, 3.05) is 13.2 Å². The van der Waals surface area contributed by atoms with Crippen molar-refractivity contribution >= 4 is 11.9 Å². The first-order valence-corrected chi connectivity index (χ1v) is 27.6. The van der Waals surface area contributed by atoms with Crippen molar-refractivity contribution < 1.29 is 24.5 Å². The maximum absolute atomic E-state index is 12.5. The van der Waals surface area contributed by atoms with Crippen molar-refractivity contribution in [3.8, 4) is 0 Å². The lowest BCUT2D eigenvalue weighted by molar-refractivity contribution is -0.143. The van der Waals surface area contributed by atoms with Gasteiger partial charge in [0.15, 0.2) is 0 Å². The number of nitrogens with one attached hydrogen (secondary N) is 1. The minimum Gasteiger partial charge on any atom is -0.466 e. The molecular weight excluding hydrogens is 767 g/mol. The third-order valence-corrected chi connectivity index (χ3v) is 12.7. The Kier molecular flexibility index (Phi) is 50.6. The molecule has 0 aromatic carbocycles. The molecule has 0 heterocycles. The summed E-state index contributed by atoms with van der Waals surface area (Å²) in [6.07, 6.45) is 61.6. The Morgan fingerprint density at radius 2 is 0.758 bits per heavy atom. The number of amides is 1. The van der Waals surface area contributed by atoms with E-state index in [2.05, 4.69) is 43.5 Å². The number of carbonyl (C=O) groups is 2. The summed E-state index contributed by atoms with van der Waals surface area (Å²) >= 11 is 0. The summed E-state index contributed by atoms with van der Waals surface area (Å²) in [6, 6.07) is -0.563. The molecule has 366 valence electrons. The van der Waals surface area contributed by atoms with Gasteiger partial charge in [-0.15, -0.1) is 0 Å². The fourth-order valence-corrected chi connectivity index (χ4v) is 8.45. The number of aliphatic hydroxyl groups excluding tert-OH is 2. The second-order valence-corrected chi connectivity index (χ2v) is 18.9. The van der Waals surface area contributed by atoms with Crippen LogP contribution < -0.4 is 5.32 Å². The van der Waals surface area contributed by atoms with E-state index in [4.69, 9.17) is 4.74 Å². The zero-order valence-electron chi connectivity index (χ0n) is 41.6. The molecule has 6 heteroatoms. The van der Waals surface area contributed by atoms with E-state index in [0.29, 0.717) is 25.9 Å².